The van der Waals surface area contributed by atoms with Crippen molar-refractivity contribution < 1.29 is 18.7 Å². The van der Waals surface area contributed by atoms with Crippen molar-refractivity contribution in [1.29, 1.82) is 0 Å². The molecule has 150 valence electrons. The fourth-order valence-electron chi connectivity index (χ4n) is 3.40. The molecule has 1 saturated heterocycles. The molecule has 2 amide bonds. The lowest BCUT2D eigenvalue weighted by molar-refractivity contribution is -0.124. The van der Waals surface area contributed by atoms with Gasteiger partial charge in [-0.3, -0.25) is 14.6 Å². The van der Waals surface area contributed by atoms with E-state index in [-0.39, 0.29) is 30.0 Å². The predicted octanol–water partition coefficient (Wildman–Crippen LogP) is 2.40. The second kappa shape index (κ2) is 8.30. The van der Waals surface area contributed by atoms with Crippen LogP contribution in [0, 0.1) is 5.92 Å². The van der Waals surface area contributed by atoms with Gasteiger partial charge in [-0.05, 0) is 37.6 Å². The second-order valence-corrected chi connectivity index (χ2v) is 6.90. The molecule has 0 saturated carbocycles. The van der Waals surface area contributed by atoms with Gasteiger partial charge in [0.25, 0.3) is 5.91 Å². The van der Waals surface area contributed by atoms with Gasteiger partial charge in [0.15, 0.2) is 12.3 Å². The van der Waals surface area contributed by atoms with Crippen LogP contribution >= 0.6 is 0 Å². The van der Waals surface area contributed by atoms with Crippen LogP contribution in [0.3, 0.4) is 0 Å². The van der Waals surface area contributed by atoms with Crippen molar-refractivity contribution in [3.8, 4) is 5.75 Å². The highest BCUT2D eigenvalue weighted by Gasteiger charge is 2.32. The van der Waals surface area contributed by atoms with Crippen LogP contribution in [0.1, 0.15) is 29.7 Å². The topological polar surface area (TPSA) is 97.6 Å². The van der Waals surface area contributed by atoms with E-state index in [1.807, 2.05) is 37.3 Å². The quantitative estimate of drug-likeness (QED) is 0.689. The molecule has 1 aromatic carbocycles. The molecule has 1 atom stereocenters. The highest BCUT2D eigenvalue weighted by atomic mass is 16.5. The largest absolute Gasteiger partial charge is 0.484 e. The monoisotopic (exact) mass is 394 g/mol. The van der Waals surface area contributed by atoms with Crippen molar-refractivity contribution in [2.45, 2.75) is 20.0 Å². The molecule has 8 heteroatoms. The Balaban J connectivity index is 1.35. The van der Waals surface area contributed by atoms with Crippen LogP contribution < -0.4 is 10.1 Å². The number of hydrogen-bond acceptors (Lipinski definition) is 6. The summed E-state index contributed by atoms with van der Waals surface area (Å²) in [7, 11) is 0. The van der Waals surface area contributed by atoms with Gasteiger partial charge in [0.05, 0.1) is 11.4 Å². The van der Waals surface area contributed by atoms with Crippen LogP contribution in [0.15, 0.2) is 47.2 Å². The highest BCUT2D eigenvalue weighted by Crippen LogP contribution is 2.21. The van der Waals surface area contributed by atoms with Crippen LogP contribution in [0.2, 0.25) is 0 Å². The first-order valence-corrected chi connectivity index (χ1v) is 9.63. The van der Waals surface area contributed by atoms with Gasteiger partial charge >= 0.3 is 0 Å². The van der Waals surface area contributed by atoms with Gasteiger partial charge in [-0.1, -0.05) is 6.07 Å². The molecule has 8 nitrogen and oxygen atoms in total. The number of fused-ring (bicyclic) bond motifs is 1. The fourth-order valence-corrected chi connectivity index (χ4v) is 3.40. The van der Waals surface area contributed by atoms with Gasteiger partial charge < -0.3 is 19.4 Å². The minimum Gasteiger partial charge on any atom is -0.484 e. The van der Waals surface area contributed by atoms with Crippen molar-refractivity contribution in [3.05, 3.63) is 54.4 Å². The number of ether oxygens (including phenoxy) is 1. The second-order valence-electron chi connectivity index (χ2n) is 6.90. The molecule has 1 aliphatic heterocycles. The first-order chi connectivity index (χ1) is 14.1. The van der Waals surface area contributed by atoms with Crippen molar-refractivity contribution in [1.82, 2.24) is 20.2 Å². The zero-order valence-corrected chi connectivity index (χ0v) is 16.1. The standard InChI is InChI=1S/C21H22N4O4/c1-2-22-20(26)15-7-9-25(11-15)21(27)18-12-29-19(24-18)13-28-16-5-6-17-14(10-16)4-3-8-23-17/h3-6,8,10,12,15H,2,7,9,11,13H2,1H3,(H,22,26)/t15-/m0/s1. The Morgan fingerprint density at radius 2 is 2.24 bits per heavy atom. The Kier molecular flexibility index (Phi) is 5.41. The number of aromatic nitrogens is 2. The van der Waals surface area contributed by atoms with Crippen molar-refractivity contribution in [3.63, 3.8) is 0 Å². The molecule has 0 spiro atoms. The number of carbonyl (C=O) groups excluding carboxylic acids is 2. The average molecular weight is 394 g/mol. The zero-order valence-electron chi connectivity index (χ0n) is 16.1. The highest BCUT2D eigenvalue weighted by molar-refractivity contribution is 5.93. The lowest BCUT2D eigenvalue weighted by Crippen LogP contribution is -2.34. The molecule has 2 aromatic heterocycles. The Morgan fingerprint density at radius 3 is 3.10 bits per heavy atom. The van der Waals surface area contributed by atoms with E-state index in [9.17, 15) is 9.59 Å². The molecule has 0 radical (unpaired) electrons. The maximum Gasteiger partial charge on any atom is 0.275 e. The Morgan fingerprint density at radius 1 is 1.34 bits per heavy atom. The number of likely N-dealkylation sites (tertiary alicyclic amines) is 1. The van der Waals surface area contributed by atoms with Crippen LogP contribution in [-0.4, -0.2) is 46.3 Å². The molecule has 4 rings (SSSR count). The summed E-state index contributed by atoms with van der Waals surface area (Å²) in [4.78, 5) is 34.7. The number of nitrogens with zero attached hydrogens (tertiary/aromatic N) is 3. The first kappa shape index (κ1) is 18.9. The summed E-state index contributed by atoms with van der Waals surface area (Å²) in [5, 5.41) is 3.78. The fraction of sp³-hybridized carbons (Fsp3) is 0.333. The van der Waals surface area contributed by atoms with Gasteiger partial charge in [0.2, 0.25) is 11.8 Å². The van der Waals surface area contributed by atoms with E-state index in [0.717, 1.165) is 10.9 Å². The maximum absolute atomic E-state index is 12.6. The normalized spacial score (nSPS) is 16.2. The van der Waals surface area contributed by atoms with Crippen molar-refractivity contribution in [2.75, 3.05) is 19.6 Å². The van der Waals surface area contributed by atoms with Crippen LogP contribution in [0.5, 0.6) is 5.75 Å². The summed E-state index contributed by atoms with van der Waals surface area (Å²) in [5.74, 6) is 0.571. The molecule has 0 aliphatic carbocycles. The van der Waals surface area contributed by atoms with Gasteiger partial charge in [0.1, 0.15) is 12.0 Å². The third-order valence-corrected chi connectivity index (χ3v) is 4.90. The van der Waals surface area contributed by atoms with E-state index in [1.54, 1.807) is 11.1 Å². The van der Waals surface area contributed by atoms with E-state index in [1.165, 1.54) is 6.26 Å². The minimum atomic E-state index is -0.233. The lowest BCUT2D eigenvalue weighted by Gasteiger charge is -2.14. The SMILES string of the molecule is CCNC(=O)[C@H]1CCN(C(=O)c2coc(COc3ccc4ncccc4c3)n2)C1. The van der Waals surface area contributed by atoms with Crippen LogP contribution in [0.4, 0.5) is 0 Å². The smallest absolute Gasteiger partial charge is 0.275 e. The molecule has 3 heterocycles. The van der Waals surface area contributed by atoms with E-state index >= 15 is 0 Å². The molecule has 0 unspecified atom stereocenters. The van der Waals surface area contributed by atoms with E-state index in [0.29, 0.717) is 37.7 Å². The third kappa shape index (κ3) is 4.21. The van der Waals surface area contributed by atoms with Gasteiger partial charge in [-0.25, -0.2) is 4.98 Å². The number of pyridine rings is 1. The van der Waals surface area contributed by atoms with Gasteiger partial charge in [-0.15, -0.1) is 0 Å². The zero-order chi connectivity index (χ0) is 20.2. The van der Waals surface area contributed by atoms with Gasteiger partial charge in [0, 0.05) is 31.2 Å². The van der Waals surface area contributed by atoms with E-state index < -0.39 is 0 Å². The number of hydrogen-bond donors (Lipinski definition) is 1. The number of rotatable bonds is 6. The Bertz CT molecular complexity index is 1030. The lowest BCUT2D eigenvalue weighted by atomic mass is 10.1. The molecule has 1 N–H and O–H groups in total. The number of benzene rings is 1. The summed E-state index contributed by atoms with van der Waals surface area (Å²) in [5.41, 5.74) is 1.11. The van der Waals surface area contributed by atoms with E-state index in [4.69, 9.17) is 9.15 Å². The van der Waals surface area contributed by atoms with E-state index in [2.05, 4.69) is 15.3 Å². The summed E-state index contributed by atoms with van der Waals surface area (Å²) in [6.07, 6.45) is 3.74. The summed E-state index contributed by atoms with van der Waals surface area (Å²) in [6.45, 7) is 3.51. The first-order valence-electron chi connectivity index (χ1n) is 9.63. The number of nitrogens with one attached hydrogen (secondary N) is 1. The number of carbonyl (C=O) groups is 2. The molecule has 1 fully saturated rings. The third-order valence-electron chi connectivity index (χ3n) is 4.90. The summed E-state index contributed by atoms with van der Waals surface area (Å²) >= 11 is 0. The molecular weight excluding hydrogens is 372 g/mol. The molecule has 29 heavy (non-hydrogen) atoms. The van der Waals surface area contributed by atoms with Gasteiger partial charge in [-0.2, -0.15) is 0 Å². The Labute approximate surface area is 167 Å². The average Bonchev–Trinajstić information content (AvgIpc) is 3.42. The molecule has 0 bridgehead atoms. The minimum absolute atomic E-state index is 0.0115. The number of amides is 2. The molecule has 3 aromatic rings. The Hall–Kier alpha value is -3.42. The predicted molar refractivity (Wildman–Crippen MR) is 105 cm³/mol. The van der Waals surface area contributed by atoms with Crippen molar-refractivity contribution in [2.24, 2.45) is 5.92 Å². The molecular formula is C21H22N4O4. The summed E-state index contributed by atoms with van der Waals surface area (Å²) < 4.78 is 11.1. The number of oxazole rings is 1. The van der Waals surface area contributed by atoms with Crippen molar-refractivity contribution >= 4 is 22.7 Å². The van der Waals surface area contributed by atoms with Crippen LogP contribution in [-0.2, 0) is 11.4 Å². The maximum atomic E-state index is 12.6. The van der Waals surface area contributed by atoms with Crippen LogP contribution in [0.25, 0.3) is 10.9 Å². The summed E-state index contributed by atoms with van der Waals surface area (Å²) in [6, 6.07) is 9.43. The molecule has 1 aliphatic rings.